The third-order valence-electron chi connectivity index (χ3n) is 2.89. The van der Waals surface area contributed by atoms with E-state index in [4.69, 9.17) is 0 Å². The lowest BCUT2D eigenvalue weighted by Gasteiger charge is -2.11. The standard InChI is InChI=1S/C15H14F2O/c16-13-8-6-11(14(17)10-13)7-9-15(18)12-4-2-1-3-5-12/h1-6,8,10,15,18H,7,9H2. The molecule has 0 amide bonds. The Kier molecular flexibility index (Phi) is 4.05. The molecule has 3 heteroatoms. The molecule has 0 heterocycles. The lowest BCUT2D eigenvalue weighted by atomic mass is 10.0. The highest BCUT2D eigenvalue weighted by Gasteiger charge is 2.09. The van der Waals surface area contributed by atoms with Crippen LogP contribution >= 0.6 is 0 Å². The Morgan fingerprint density at radius 1 is 1.00 bits per heavy atom. The minimum Gasteiger partial charge on any atom is -0.388 e. The van der Waals surface area contributed by atoms with Crippen LogP contribution in [-0.4, -0.2) is 5.11 Å². The van der Waals surface area contributed by atoms with Crippen molar-refractivity contribution in [2.75, 3.05) is 0 Å². The first kappa shape index (κ1) is 12.7. The largest absolute Gasteiger partial charge is 0.388 e. The number of rotatable bonds is 4. The molecule has 1 N–H and O–H groups in total. The van der Waals surface area contributed by atoms with Gasteiger partial charge in [-0.05, 0) is 30.0 Å². The van der Waals surface area contributed by atoms with Gasteiger partial charge in [0.1, 0.15) is 11.6 Å². The van der Waals surface area contributed by atoms with Crippen LogP contribution in [0.4, 0.5) is 8.78 Å². The molecule has 1 atom stereocenters. The smallest absolute Gasteiger partial charge is 0.129 e. The maximum atomic E-state index is 13.4. The summed E-state index contributed by atoms with van der Waals surface area (Å²) in [5.41, 5.74) is 1.23. The van der Waals surface area contributed by atoms with Crippen LogP contribution in [0.2, 0.25) is 0 Å². The molecular weight excluding hydrogens is 234 g/mol. The zero-order valence-corrected chi connectivity index (χ0v) is 9.81. The second kappa shape index (κ2) is 5.74. The highest BCUT2D eigenvalue weighted by atomic mass is 19.1. The molecular formula is C15H14F2O. The van der Waals surface area contributed by atoms with Crippen LogP contribution in [0.15, 0.2) is 48.5 Å². The Morgan fingerprint density at radius 3 is 2.39 bits per heavy atom. The van der Waals surface area contributed by atoms with E-state index in [0.29, 0.717) is 18.4 Å². The Labute approximate surface area is 105 Å². The summed E-state index contributed by atoms with van der Waals surface area (Å²) < 4.78 is 26.1. The Morgan fingerprint density at radius 2 is 1.72 bits per heavy atom. The molecule has 0 saturated carbocycles. The molecule has 0 aliphatic heterocycles. The molecule has 0 aliphatic carbocycles. The average Bonchev–Trinajstić information content (AvgIpc) is 2.38. The van der Waals surface area contributed by atoms with Gasteiger partial charge in [0, 0.05) is 6.07 Å². The molecule has 2 rings (SSSR count). The van der Waals surface area contributed by atoms with E-state index in [1.54, 1.807) is 0 Å². The van der Waals surface area contributed by atoms with Gasteiger partial charge >= 0.3 is 0 Å². The SMILES string of the molecule is OC(CCc1ccc(F)cc1F)c1ccccc1. The summed E-state index contributed by atoms with van der Waals surface area (Å²) in [6, 6.07) is 12.7. The van der Waals surface area contributed by atoms with Gasteiger partial charge in [0.15, 0.2) is 0 Å². The molecule has 1 unspecified atom stereocenters. The van der Waals surface area contributed by atoms with Crippen molar-refractivity contribution in [2.24, 2.45) is 0 Å². The van der Waals surface area contributed by atoms with Crippen LogP contribution in [0.5, 0.6) is 0 Å². The van der Waals surface area contributed by atoms with Crippen molar-refractivity contribution in [3.05, 3.63) is 71.3 Å². The highest BCUT2D eigenvalue weighted by molar-refractivity contribution is 5.21. The van der Waals surface area contributed by atoms with E-state index >= 15 is 0 Å². The monoisotopic (exact) mass is 248 g/mol. The summed E-state index contributed by atoms with van der Waals surface area (Å²) in [6.45, 7) is 0. The number of aryl methyl sites for hydroxylation is 1. The number of aliphatic hydroxyl groups is 1. The van der Waals surface area contributed by atoms with E-state index in [1.807, 2.05) is 30.3 Å². The quantitative estimate of drug-likeness (QED) is 0.876. The fourth-order valence-electron chi connectivity index (χ4n) is 1.86. The van der Waals surface area contributed by atoms with Gasteiger partial charge in [0.25, 0.3) is 0 Å². The summed E-state index contributed by atoms with van der Waals surface area (Å²) in [7, 11) is 0. The molecule has 0 aliphatic rings. The molecule has 0 spiro atoms. The van der Waals surface area contributed by atoms with E-state index in [-0.39, 0.29) is 0 Å². The highest BCUT2D eigenvalue weighted by Crippen LogP contribution is 2.20. The van der Waals surface area contributed by atoms with Gasteiger partial charge in [0.05, 0.1) is 6.10 Å². The van der Waals surface area contributed by atoms with Crippen LogP contribution in [0.25, 0.3) is 0 Å². The minimum absolute atomic E-state index is 0.377. The van der Waals surface area contributed by atoms with Gasteiger partial charge in [-0.15, -0.1) is 0 Å². The lowest BCUT2D eigenvalue weighted by Crippen LogP contribution is -2.01. The third-order valence-corrected chi connectivity index (χ3v) is 2.89. The fourth-order valence-corrected chi connectivity index (χ4v) is 1.86. The van der Waals surface area contributed by atoms with E-state index in [9.17, 15) is 13.9 Å². The van der Waals surface area contributed by atoms with Gasteiger partial charge in [-0.3, -0.25) is 0 Å². The van der Waals surface area contributed by atoms with E-state index in [2.05, 4.69) is 0 Å². The molecule has 0 radical (unpaired) electrons. The van der Waals surface area contributed by atoms with Crippen molar-refractivity contribution in [3.63, 3.8) is 0 Å². The van der Waals surface area contributed by atoms with Crippen molar-refractivity contribution in [1.82, 2.24) is 0 Å². The van der Waals surface area contributed by atoms with E-state index in [0.717, 1.165) is 11.6 Å². The zero-order valence-electron chi connectivity index (χ0n) is 9.81. The first-order valence-electron chi connectivity index (χ1n) is 5.84. The molecule has 94 valence electrons. The van der Waals surface area contributed by atoms with Crippen molar-refractivity contribution in [2.45, 2.75) is 18.9 Å². The minimum atomic E-state index is -0.629. The van der Waals surface area contributed by atoms with E-state index in [1.165, 1.54) is 12.1 Å². The molecule has 18 heavy (non-hydrogen) atoms. The summed E-state index contributed by atoms with van der Waals surface area (Å²) in [5, 5.41) is 9.93. The second-order valence-corrected chi connectivity index (χ2v) is 4.20. The van der Waals surface area contributed by atoms with Gasteiger partial charge < -0.3 is 5.11 Å². The summed E-state index contributed by atoms with van der Waals surface area (Å²) in [5.74, 6) is -1.14. The number of benzene rings is 2. The van der Waals surface area contributed by atoms with Crippen LogP contribution in [0.3, 0.4) is 0 Å². The molecule has 2 aromatic carbocycles. The van der Waals surface area contributed by atoms with Crippen molar-refractivity contribution in [3.8, 4) is 0 Å². The molecule has 0 fully saturated rings. The van der Waals surface area contributed by atoms with Crippen molar-refractivity contribution < 1.29 is 13.9 Å². The number of halogens is 2. The van der Waals surface area contributed by atoms with Gasteiger partial charge in [-0.1, -0.05) is 36.4 Å². The maximum absolute atomic E-state index is 13.4. The molecule has 1 nitrogen and oxygen atoms in total. The Hall–Kier alpha value is -1.74. The molecule has 0 bridgehead atoms. The van der Waals surface area contributed by atoms with Gasteiger partial charge in [0.2, 0.25) is 0 Å². The van der Waals surface area contributed by atoms with Crippen LogP contribution in [0, 0.1) is 11.6 Å². The molecule has 2 aromatic rings. The van der Waals surface area contributed by atoms with Crippen molar-refractivity contribution in [1.29, 1.82) is 0 Å². The Balaban J connectivity index is 1.99. The Bertz CT molecular complexity index is 511. The normalized spacial score (nSPS) is 12.4. The lowest BCUT2D eigenvalue weighted by molar-refractivity contribution is 0.167. The first-order chi connectivity index (χ1) is 8.66. The van der Waals surface area contributed by atoms with E-state index < -0.39 is 17.7 Å². The average molecular weight is 248 g/mol. The fraction of sp³-hybridized carbons (Fsp3) is 0.200. The van der Waals surface area contributed by atoms with Gasteiger partial charge in [-0.2, -0.15) is 0 Å². The first-order valence-corrected chi connectivity index (χ1v) is 5.84. The molecule has 0 saturated heterocycles. The maximum Gasteiger partial charge on any atom is 0.129 e. The van der Waals surface area contributed by atoms with Gasteiger partial charge in [-0.25, -0.2) is 8.78 Å². The van der Waals surface area contributed by atoms with Crippen LogP contribution in [0.1, 0.15) is 23.7 Å². The topological polar surface area (TPSA) is 20.2 Å². The second-order valence-electron chi connectivity index (χ2n) is 4.20. The van der Waals surface area contributed by atoms with Crippen molar-refractivity contribution >= 4 is 0 Å². The predicted molar refractivity (Wildman–Crippen MR) is 66.1 cm³/mol. The number of hydrogen-bond acceptors (Lipinski definition) is 1. The predicted octanol–water partition coefficient (Wildman–Crippen LogP) is 3.63. The number of aliphatic hydroxyl groups excluding tert-OH is 1. The van der Waals surface area contributed by atoms with Crippen LogP contribution < -0.4 is 0 Å². The zero-order chi connectivity index (χ0) is 13.0. The summed E-state index contributed by atoms with van der Waals surface area (Å²) in [4.78, 5) is 0. The van der Waals surface area contributed by atoms with Crippen LogP contribution in [-0.2, 0) is 6.42 Å². The molecule has 0 aromatic heterocycles. The third kappa shape index (κ3) is 3.14. The number of hydrogen-bond donors (Lipinski definition) is 1. The summed E-state index contributed by atoms with van der Waals surface area (Å²) >= 11 is 0. The summed E-state index contributed by atoms with van der Waals surface area (Å²) in [6.07, 6.45) is 0.157.